The Kier molecular flexibility index (Phi) is 5.83. The molecule has 0 unspecified atom stereocenters. The maximum atomic E-state index is 6.19. The number of azo groups is 1. The molecule has 162 valence electrons. The number of hydrogen-bond donors (Lipinski definition) is 0. The molecule has 1 aliphatic heterocycles. The van der Waals surface area contributed by atoms with Crippen molar-refractivity contribution < 1.29 is 4.74 Å². The second kappa shape index (κ2) is 9.06. The van der Waals surface area contributed by atoms with E-state index >= 15 is 0 Å². The van der Waals surface area contributed by atoms with E-state index in [0.717, 1.165) is 35.7 Å². The predicted octanol–water partition coefficient (Wildman–Crippen LogP) is 5.48. The van der Waals surface area contributed by atoms with E-state index in [1.807, 2.05) is 47.0 Å². The Balaban J connectivity index is 1.52. The number of ether oxygens (including phenoxy) is 1. The van der Waals surface area contributed by atoms with Gasteiger partial charge in [-0.05, 0) is 24.6 Å². The van der Waals surface area contributed by atoms with Gasteiger partial charge in [-0.25, -0.2) is 4.98 Å². The molecule has 5 rings (SSSR count). The number of morpholine rings is 1. The number of rotatable bonds is 5. The van der Waals surface area contributed by atoms with Crippen LogP contribution in [0.25, 0.3) is 16.9 Å². The molecule has 2 aromatic heterocycles. The zero-order valence-electron chi connectivity index (χ0n) is 17.8. The van der Waals surface area contributed by atoms with Crippen LogP contribution in [-0.2, 0) is 11.3 Å². The Morgan fingerprint density at radius 1 is 1.03 bits per heavy atom. The van der Waals surface area contributed by atoms with Crippen LogP contribution in [0.15, 0.2) is 70.9 Å². The van der Waals surface area contributed by atoms with E-state index in [-0.39, 0.29) is 0 Å². The summed E-state index contributed by atoms with van der Waals surface area (Å²) < 4.78 is 7.39. The van der Waals surface area contributed by atoms with Crippen LogP contribution >= 0.6 is 11.6 Å². The highest BCUT2D eigenvalue weighted by atomic mass is 35.5. The molecule has 0 amide bonds. The number of anilines is 1. The van der Waals surface area contributed by atoms with Crippen molar-refractivity contribution in [1.82, 2.24) is 14.6 Å². The van der Waals surface area contributed by atoms with Gasteiger partial charge in [-0.1, -0.05) is 53.6 Å². The van der Waals surface area contributed by atoms with Crippen molar-refractivity contribution in [2.45, 2.75) is 13.5 Å². The van der Waals surface area contributed by atoms with Gasteiger partial charge in [0, 0.05) is 35.8 Å². The summed E-state index contributed by atoms with van der Waals surface area (Å²) in [5, 5.41) is 14.3. The first-order chi connectivity index (χ1) is 15.7. The lowest BCUT2D eigenvalue weighted by Gasteiger charge is -2.28. The first kappa shape index (κ1) is 20.6. The number of benzene rings is 2. The summed E-state index contributed by atoms with van der Waals surface area (Å²) in [4.78, 5) is 6.94. The third-order valence-corrected chi connectivity index (χ3v) is 5.59. The molecule has 1 fully saturated rings. The van der Waals surface area contributed by atoms with Crippen molar-refractivity contribution in [2.75, 3.05) is 31.2 Å². The minimum Gasteiger partial charge on any atom is -0.378 e. The minimum absolute atomic E-state index is 0.508. The summed E-state index contributed by atoms with van der Waals surface area (Å²) in [6.07, 6.45) is 0. The third kappa shape index (κ3) is 4.49. The van der Waals surface area contributed by atoms with Gasteiger partial charge >= 0.3 is 0 Å². The number of aryl methyl sites for hydroxylation is 1. The van der Waals surface area contributed by atoms with Gasteiger partial charge in [-0.3, -0.25) is 0 Å². The van der Waals surface area contributed by atoms with E-state index in [9.17, 15) is 0 Å². The van der Waals surface area contributed by atoms with Crippen molar-refractivity contribution >= 4 is 28.9 Å². The fourth-order valence-corrected chi connectivity index (χ4v) is 3.99. The Bertz CT molecular complexity index is 1280. The standard InChI is InChI=1S/C24H23ClN6O/c1-17-4-2-5-18(12-17)16-26-28-22-15-24(30-8-10-32-11-9-30)31-23(27-22)14-21(29-31)19-6-3-7-20(25)13-19/h2-7,12-15H,8-11,16H2,1H3. The molecule has 0 spiro atoms. The van der Waals surface area contributed by atoms with Gasteiger partial charge in [-0.15, -0.1) is 5.11 Å². The second-order valence-electron chi connectivity index (χ2n) is 7.77. The Morgan fingerprint density at radius 3 is 2.69 bits per heavy atom. The van der Waals surface area contributed by atoms with E-state index in [1.165, 1.54) is 5.56 Å². The molecule has 7 nitrogen and oxygen atoms in total. The van der Waals surface area contributed by atoms with Crippen LogP contribution in [-0.4, -0.2) is 40.9 Å². The van der Waals surface area contributed by atoms with E-state index in [4.69, 9.17) is 26.4 Å². The second-order valence-corrected chi connectivity index (χ2v) is 8.21. The topological polar surface area (TPSA) is 67.4 Å². The third-order valence-electron chi connectivity index (χ3n) is 5.36. The van der Waals surface area contributed by atoms with Crippen molar-refractivity contribution in [2.24, 2.45) is 10.2 Å². The Morgan fingerprint density at radius 2 is 1.88 bits per heavy atom. The smallest absolute Gasteiger partial charge is 0.179 e. The lowest BCUT2D eigenvalue weighted by Crippen LogP contribution is -2.37. The van der Waals surface area contributed by atoms with Crippen LogP contribution in [0.2, 0.25) is 5.02 Å². The molecule has 32 heavy (non-hydrogen) atoms. The SMILES string of the molecule is Cc1cccc(CN=Nc2cc(N3CCOCC3)n3nc(-c4cccc(Cl)c4)cc3n2)c1. The van der Waals surface area contributed by atoms with Gasteiger partial charge < -0.3 is 9.64 Å². The highest BCUT2D eigenvalue weighted by Crippen LogP contribution is 2.28. The molecule has 0 aliphatic carbocycles. The lowest BCUT2D eigenvalue weighted by atomic mass is 10.1. The van der Waals surface area contributed by atoms with Gasteiger partial charge in [0.05, 0.1) is 25.5 Å². The molecule has 3 heterocycles. The van der Waals surface area contributed by atoms with Crippen molar-refractivity contribution in [1.29, 1.82) is 0 Å². The maximum absolute atomic E-state index is 6.19. The van der Waals surface area contributed by atoms with Crippen LogP contribution < -0.4 is 4.90 Å². The molecule has 0 bridgehead atoms. The molecule has 2 aromatic carbocycles. The molecule has 4 aromatic rings. The highest BCUT2D eigenvalue weighted by Gasteiger charge is 2.18. The fourth-order valence-electron chi connectivity index (χ4n) is 3.80. The monoisotopic (exact) mass is 446 g/mol. The normalized spacial score (nSPS) is 14.5. The minimum atomic E-state index is 0.508. The number of aromatic nitrogens is 3. The van der Waals surface area contributed by atoms with Crippen LogP contribution in [0.1, 0.15) is 11.1 Å². The van der Waals surface area contributed by atoms with Crippen molar-refractivity contribution in [3.8, 4) is 11.3 Å². The summed E-state index contributed by atoms with van der Waals surface area (Å²) in [5.41, 5.74) is 4.80. The number of fused-ring (bicyclic) bond motifs is 1. The number of nitrogens with zero attached hydrogens (tertiary/aromatic N) is 6. The van der Waals surface area contributed by atoms with Gasteiger partial charge in [0.2, 0.25) is 0 Å². The molecule has 0 saturated carbocycles. The zero-order valence-corrected chi connectivity index (χ0v) is 18.5. The van der Waals surface area contributed by atoms with Crippen LogP contribution in [0.4, 0.5) is 11.6 Å². The summed E-state index contributed by atoms with van der Waals surface area (Å²) >= 11 is 6.19. The Hall–Kier alpha value is -3.29. The van der Waals surface area contributed by atoms with Crippen molar-refractivity contribution in [3.63, 3.8) is 0 Å². The molecule has 0 radical (unpaired) electrons. The molecule has 1 aliphatic rings. The molecule has 0 N–H and O–H groups in total. The fraction of sp³-hybridized carbons (Fsp3) is 0.250. The zero-order chi connectivity index (χ0) is 21.9. The van der Waals surface area contributed by atoms with Gasteiger partial charge in [0.25, 0.3) is 0 Å². The van der Waals surface area contributed by atoms with Gasteiger partial charge in [0.15, 0.2) is 11.5 Å². The van der Waals surface area contributed by atoms with Crippen LogP contribution in [0.5, 0.6) is 0 Å². The first-order valence-corrected chi connectivity index (χ1v) is 11.0. The molecule has 1 saturated heterocycles. The highest BCUT2D eigenvalue weighted by molar-refractivity contribution is 6.30. The summed E-state index contributed by atoms with van der Waals surface area (Å²) in [5.74, 6) is 1.49. The molecule has 8 heteroatoms. The quantitative estimate of drug-likeness (QED) is 0.381. The average Bonchev–Trinajstić information content (AvgIpc) is 3.24. The van der Waals surface area contributed by atoms with E-state index < -0.39 is 0 Å². The number of hydrogen-bond acceptors (Lipinski definition) is 6. The molecular weight excluding hydrogens is 424 g/mol. The van der Waals surface area contributed by atoms with Crippen LogP contribution in [0, 0.1) is 6.92 Å². The van der Waals surface area contributed by atoms with E-state index in [0.29, 0.717) is 36.2 Å². The number of halogens is 1. The Labute approximate surface area is 191 Å². The van der Waals surface area contributed by atoms with E-state index in [2.05, 4.69) is 40.3 Å². The van der Waals surface area contributed by atoms with Gasteiger partial charge in [-0.2, -0.15) is 14.7 Å². The summed E-state index contributed by atoms with van der Waals surface area (Å²) in [6, 6.07) is 19.8. The molecular formula is C24H23ClN6O. The largest absolute Gasteiger partial charge is 0.378 e. The van der Waals surface area contributed by atoms with Crippen LogP contribution in [0.3, 0.4) is 0 Å². The lowest BCUT2D eigenvalue weighted by molar-refractivity contribution is 0.122. The maximum Gasteiger partial charge on any atom is 0.179 e. The predicted molar refractivity (Wildman–Crippen MR) is 126 cm³/mol. The summed E-state index contributed by atoms with van der Waals surface area (Å²) in [6.45, 7) is 5.50. The van der Waals surface area contributed by atoms with E-state index in [1.54, 1.807) is 0 Å². The summed E-state index contributed by atoms with van der Waals surface area (Å²) in [7, 11) is 0. The van der Waals surface area contributed by atoms with Gasteiger partial charge in [0.1, 0.15) is 5.82 Å². The average molecular weight is 447 g/mol. The first-order valence-electron chi connectivity index (χ1n) is 10.6. The molecule has 0 atom stereocenters. The van der Waals surface area contributed by atoms with Crippen molar-refractivity contribution in [3.05, 3.63) is 76.8 Å².